The first-order valence-corrected chi connectivity index (χ1v) is 7.80. The molecule has 0 aliphatic heterocycles. The SMILES string of the molecule is CCCOc1ccc(C(C)CC(O)CO)cc1OCCC. The molecule has 0 aliphatic rings. The monoisotopic (exact) mass is 296 g/mol. The first-order valence-electron chi connectivity index (χ1n) is 7.80. The Morgan fingerprint density at radius 3 is 2.24 bits per heavy atom. The van der Waals surface area contributed by atoms with Gasteiger partial charge in [-0.15, -0.1) is 0 Å². The highest BCUT2D eigenvalue weighted by Crippen LogP contribution is 2.32. The summed E-state index contributed by atoms with van der Waals surface area (Å²) in [4.78, 5) is 0. The van der Waals surface area contributed by atoms with Crippen molar-refractivity contribution >= 4 is 0 Å². The Morgan fingerprint density at radius 2 is 1.67 bits per heavy atom. The van der Waals surface area contributed by atoms with Gasteiger partial charge in [-0.2, -0.15) is 0 Å². The van der Waals surface area contributed by atoms with Crippen molar-refractivity contribution in [2.75, 3.05) is 19.8 Å². The number of rotatable bonds is 10. The molecule has 4 nitrogen and oxygen atoms in total. The van der Waals surface area contributed by atoms with E-state index in [2.05, 4.69) is 13.8 Å². The summed E-state index contributed by atoms with van der Waals surface area (Å²) in [7, 11) is 0. The second-order valence-corrected chi connectivity index (χ2v) is 5.38. The maximum Gasteiger partial charge on any atom is 0.161 e. The van der Waals surface area contributed by atoms with Crippen LogP contribution in [0.4, 0.5) is 0 Å². The smallest absolute Gasteiger partial charge is 0.161 e. The van der Waals surface area contributed by atoms with E-state index in [9.17, 15) is 5.11 Å². The van der Waals surface area contributed by atoms with Crippen molar-refractivity contribution in [3.63, 3.8) is 0 Å². The first-order chi connectivity index (χ1) is 10.1. The molecule has 0 aliphatic carbocycles. The summed E-state index contributed by atoms with van der Waals surface area (Å²) in [5.74, 6) is 1.67. The van der Waals surface area contributed by atoms with Gasteiger partial charge in [0.15, 0.2) is 11.5 Å². The molecule has 0 amide bonds. The fourth-order valence-corrected chi connectivity index (χ4v) is 2.11. The largest absolute Gasteiger partial charge is 0.490 e. The lowest BCUT2D eigenvalue weighted by Crippen LogP contribution is -2.15. The van der Waals surface area contributed by atoms with Gasteiger partial charge in [0.25, 0.3) is 0 Å². The minimum Gasteiger partial charge on any atom is -0.490 e. The molecule has 2 unspecified atom stereocenters. The van der Waals surface area contributed by atoms with E-state index in [1.54, 1.807) is 0 Å². The van der Waals surface area contributed by atoms with Crippen LogP contribution in [-0.4, -0.2) is 36.1 Å². The molecule has 0 bridgehead atoms. The number of aliphatic hydroxyl groups is 2. The van der Waals surface area contributed by atoms with Crippen LogP contribution in [0.2, 0.25) is 0 Å². The summed E-state index contributed by atoms with van der Waals surface area (Å²) >= 11 is 0. The van der Waals surface area contributed by atoms with Crippen molar-refractivity contribution in [2.24, 2.45) is 0 Å². The zero-order valence-corrected chi connectivity index (χ0v) is 13.3. The van der Waals surface area contributed by atoms with Crippen molar-refractivity contribution in [2.45, 2.75) is 52.1 Å². The van der Waals surface area contributed by atoms with E-state index < -0.39 is 6.10 Å². The highest BCUT2D eigenvalue weighted by molar-refractivity contribution is 5.44. The fourth-order valence-electron chi connectivity index (χ4n) is 2.11. The zero-order valence-electron chi connectivity index (χ0n) is 13.3. The summed E-state index contributed by atoms with van der Waals surface area (Å²) in [6.07, 6.45) is 1.74. The zero-order chi connectivity index (χ0) is 15.7. The summed E-state index contributed by atoms with van der Waals surface area (Å²) in [5.41, 5.74) is 1.08. The van der Waals surface area contributed by atoms with E-state index in [4.69, 9.17) is 14.6 Å². The van der Waals surface area contributed by atoms with Gasteiger partial charge in [0.05, 0.1) is 25.9 Å². The van der Waals surface area contributed by atoms with Gasteiger partial charge in [0, 0.05) is 0 Å². The maximum atomic E-state index is 9.57. The molecular weight excluding hydrogens is 268 g/mol. The molecular formula is C17H28O4. The van der Waals surface area contributed by atoms with Crippen molar-refractivity contribution in [1.29, 1.82) is 0 Å². The van der Waals surface area contributed by atoms with Gasteiger partial charge in [0.2, 0.25) is 0 Å². The third-order valence-electron chi connectivity index (χ3n) is 3.30. The second-order valence-electron chi connectivity index (χ2n) is 5.38. The summed E-state index contributed by atoms with van der Waals surface area (Å²) in [6, 6.07) is 5.91. The van der Waals surface area contributed by atoms with Crippen LogP contribution in [0.3, 0.4) is 0 Å². The maximum absolute atomic E-state index is 9.57. The number of benzene rings is 1. The van der Waals surface area contributed by atoms with Crippen molar-refractivity contribution < 1.29 is 19.7 Å². The molecule has 0 fully saturated rings. The van der Waals surface area contributed by atoms with Crippen molar-refractivity contribution in [3.8, 4) is 11.5 Å². The third kappa shape index (κ3) is 5.94. The average molecular weight is 296 g/mol. The lowest BCUT2D eigenvalue weighted by molar-refractivity contribution is 0.0835. The van der Waals surface area contributed by atoms with Crippen LogP contribution >= 0.6 is 0 Å². The van der Waals surface area contributed by atoms with Crippen LogP contribution < -0.4 is 9.47 Å². The molecule has 1 rings (SSSR count). The summed E-state index contributed by atoms with van der Waals surface area (Å²) < 4.78 is 11.5. The quantitative estimate of drug-likeness (QED) is 0.696. The normalized spacial score (nSPS) is 13.8. The van der Waals surface area contributed by atoms with E-state index in [0.29, 0.717) is 19.6 Å². The molecule has 2 atom stereocenters. The van der Waals surface area contributed by atoms with Crippen LogP contribution in [-0.2, 0) is 0 Å². The lowest BCUT2D eigenvalue weighted by Gasteiger charge is -2.18. The molecule has 120 valence electrons. The van der Waals surface area contributed by atoms with Gasteiger partial charge < -0.3 is 19.7 Å². The molecule has 0 saturated heterocycles. The van der Waals surface area contributed by atoms with E-state index in [0.717, 1.165) is 29.9 Å². The van der Waals surface area contributed by atoms with Crippen LogP contribution in [0, 0.1) is 0 Å². The first kappa shape index (κ1) is 17.8. The Balaban J connectivity index is 2.86. The molecule has 0 heterocycles. The molecule has 2 N–H and O–H groups in total. The van der Waals surface area contributed by atoms with E-state index >= 15 is 0 Å². The van der Waals surface area contributed by atoms with E-state index in [1.807, 2.05) is 25.1 Å². The Morgan fingerprint density at radius 1 is 1.05 bits per heavy atom. The second kappa shape index (κ2) is 9.64. The Hall–Kier alpha value is -1.26. The highest BCUT2D eigenvalue weighted by atomic mass is 16.5. The van der Waals surface area contributed by atoms with Gasteiger partial charge in [-0.05, 0) is 42.9 Å². The standard InChI is InChI=1S/C17H28O4/c1-4-8-20-16-7-6-14(11-17(16)21-9-5-2)13(3)10-15(19)12-18/h6-7,11,13,15,18-19H,4-5,8-10,12H2,1-3H3. The predicted octanol–water partition coefficient (Wildman–Crippen LogP) is 3.11. The van der Waals surface area contributed by atoms with E-state index in [-0.39, 0.29) is 12.5 Å². The number of aliphatic hydroxyl groups excluding tert-OH is 2. The van der Waals surface area contributed by atoms with Crippen molar-refractivity contribution in [3.05, 3.63) is 23.8 Å². The molecule has 0 radical (unpaired) electrons. The lowest BCUT2D eigenvalue weighted by atomic mass is 9.95. The molecule has 0 spiro atoms. The van der Waals surface area contributed by atoms with Crippen LogP contribution in [0.1, 0.15) is 51.5 Å². The van der Waals surface area contributed by atoms with Gasteiger partial charge >= 0.3 is 0 Å². The molecule has 4 heteroatoms. The third-order valence-corrected chi connectivity index (χ3v) is 3.30. The summed E-state index contributed by atoms with van der Waals surface area (Å²) in [5, 5.41) is 18.5. The molecule has 0 saturated carbocycles. The topological polar surface area (TPSA) is 58.9 Å². The minimum absolute atomic E-state index is 0.149. The molecule has 1 aromatic rings. The van der Waals surface area contributed by atoms with Gasteiger partial charge in [-0.3, -0.25) is 0 Å². The average Bonchev–Trinajstić information content (AvgIpc) is 2.50. The van der Waals surface area contributed by atoms with Crippen LogP contribution in [0.15, 0.2) is 18.2 Å². The summed E-state index contributed by atoms with van der Waals surface area (Å²) in [6.45, 7) is 7.28. The van der Waals surface area contributed by atoms with Crippen LogP contribution in [0.25, 0.3) is 0 Å². The molecule has 0 aromatic heterocycles. The number of hydrogen-bond acceptors (Lipinski definition) is 4. The Kier molecular flexibility index (Phi) is 8.16. The number of hydrogen-bond donors (Lipinski definition) is 2. The fraction of sp³-hybridized carbons (Fsp3) is 0.647. The van der Waals surface area contributed by atoms with Crippen LogP contribution in [0.5, 0.6) is 11.5 Å². The Bertz CT molecular complexity index is 406. The van der Waals surface area contributed by atoms with Gasteiger partial charge in [0.1, 0.15) is 0 Å². The Labute approximate surface area is 127 Å². The van der Waals surface area contributed by atoms with E-state index in [1.165, 1.54) is 0 Å². The van der Waals surface area contributed by atoms with Gasteiger partial charge in [-0.1, -0.05) is 26.8 Å². The van der Waals surface area contributed by atoms with Crippen molar-refractivity contribution in [1.82, 2.24) is 0 Å². The predicted molar refractivity (Wildman–Crippen MR) is 84.1 cm³/mol. The van der Waals surface area contributed by atoms with Gasteiger partial charge in [-0.25, -0.2) is 0 Å². The number of ether oxygens (including phenoxy) is 2. The molecule has 1 aromatic carbocycles. The highest BCUT2D eigenvalue weighted by Gasteiger charge is 2.14. The minimum atomic E-state index is -0.684. The molecule has 21 heavy (non-hydrogen) atoms.